The minimum atomic E-state index is -4.33. The fraction of sp³-hybridized carbons (Fsp3) is 0.136. The summed E-state index contributed by atoms with van der Waals surface area (Å²) in [6.45, 7) is 2.01. The van der Waals surface area contributed by atoms with Crippen molar-refractivity contribution in [3.05, 3.63) is 95.2 Å². The molecule has 0 aliphatic heterocycles. The summed E-state index contributed by atoms with van der Waals surface area (Å²) in [7, 11) is 0. The van der Waals surface area contributed by atoms with Crippen LogP contribution in [0.4, 0.5) is 13.2 Å². The zero-order valence-electron chi connectivity index (χ0n) is 15.2. The van der Waals surface area contributed by atoms with Gasteiger partial charge in [-0.25, -0.2) is 0 Å². The van der Waals surface area contributed by atoms with Gasteiger partial charge in [0.05, 0.1) is 0 Å². The standard InChI is InChI=1S/C22H15F3N.2ClH.Cr/c1-14-18(15-7-9-17(10-8-15)22(23,24)25)11-12-19(14)20-6-2-4-16-5-3-13-26-21(16)20;;;/h2-13H,1H3;2*1H;/q;;;+2/p-2. The van der Waals surface area contributed by atoms with Crippen molar-refractivity contribution >= 4 is 16.5 Å². The van der Waals surface area contributed by atoms with E-state index in [-0.39, 0.29) is 24.8 Å². The number of alkyl halides is 3. The number of fused-ring (bicyclic) bond motifs is 1. The molecule has 1 atom stereocenters. The molecule has 0 N–H and O–H groups in total. The van der Waals surface area contributed by atoms with Gasteiger partial charge in [-0.3, -0.25) is 0 Å². The van der Waals surface area contributed by atoms with Gasteiger partial charge in [-0.1, -0.05) is 0 Å². The Bertz CT molecular complexity index is 1090. The van der Waals surface area contributed by atoms with Crippen LogP contribution in [0.15, 0.2) is 78.5 Å². The van der Waals surface area contributed by atoms with Crippen molar-refractivity contribution in [2.75, 3.05) is 0 Å². The molecule has 0 bridgehead atoms. The van der Waals surface area contributed by atoms with E-state index >= 15 is 0 Å². The van der Waals surface area contributed by atoms with Gasteiger partial charge >= 0.3 is 164 Å². The van der Waals surface area contributed by atoms with Crippen molar-refractivity contribution in [2.45, 2.75) is 17.4 Å². The van der Waals surface area contributed by atoms with Gasteiger partial charge in [-0.05, 0) is 0 Å². The van der Waals surface area contributed by atoms with Crippen molar-refractivity contribution in [2.24, 2.45) is 0 Å². The summed E-state index contributed by atoms with van der Waals surface area (Å²) >= 11 is 3.28. The van der Waals surface area contributed by atoms with Crippen LogP contribution in [0.3, 0.4) is 0 Å². The number of rotatable bonds is 2. The van der Waals surface area contributed by atoms with Crippen molar-refractivity contribution in [1.82, 2.24) is 4.98 Å². The number of hydrogen-bond acceptors (Lipinski definition) is 1. The SMILES string of the molecule is CC1=C(c2ccc(C(F)(F)F)cc2)C=C[C]1([Cr+2])c1cccc2cccnc12.[Cl-].[Cl-]. The zero-order valence-corrected chi connectivity index (χ0v) is 18.0. The molecule has 1 heterocycles. The van der Waals surface area contributed by atoms with Crippen LogP contribution in [0.1, 0.15) is 23.6 Å². The van der Waals surface area contributed by atoms with Gasteiger partial charge in [0.1, 0.15) is 0 Å². The molecule has 1 unspecified atom stereocenters. The predicted octanol–water partition coefficient (Wildman–Crippen LogP) is 0.0472. The first-order valence-corrected chi connectivity index (χ1v) is 9.07. The third kappa shape index (κ3) is 4.11. The number of hydrogen-bond donors (Lipinski definition) is 0. The minimum absolute atomic E-state index is 0. The third-order valence-electron chi connectivity index (χ3n) is 5.00. The normalized spacial score (nSPS) is 18.4. The Hall–Kier alpha value is -1.77. The van der Waals surface area contributed by atoms with Crippen LogP contribution in [0.25, 0.3) is 16.5 Å². The summed E-state index contributed by atoms with van der Waals surface area (Å²) in [6, 6.07) is 15.3. The van der Waals surface area contributed by atoms with E-state index in [2.05, 4.69) is 27.4 Å². The molecule has 1 nitrogen and oxygen atoms in total. The molecule has 3 aromatic rings. The van der Waals surface area contributed by atoms with Crippen LogP contribution >= 0.6 is 0 Å². The van der Waals surface area contributed by atoms with Crippen molar-refractivity contribution < 1.29 is 54.3 Å². The number of benzene rings is 2. The quantitative estimate of drug-likeness (QED) is 0.513. The Morgan fingerprint density at radius 3 is 2.24 bits per heavy atom. The topological polar surface area (TPSA) is 12.9 Å². The molecule has 1 aliphatic rings. The third-order valence-corrected chi connectivity index (χ3v) is 6.04. The maximum absolute atomic E-state index is 12.8. The van der Waals surface area contributed by atoms with E-state index in [9.17, 15) is 13.2 Å². The maximum atomic E-state index is 12.8. The van der Waals surface area contributed by atoms with Gasteiger partial charge < -0.3 is 24.8 Å². The molecule has 1 aliphatic carbocycles. The second kappa shape index (κ2) is 8.54. The molecule has 0 fully saturated rings. The molecule has 149 valence electrons. The Morgan fingerprint density at radius 1 is 0.931 bits per heavy atom. The van der Waals surface area contributed by atoms with E-state index in [1.165, 1.54) is 12.1 Å². The first-order chi connectivity index (χ1) is 12.8. The van der Waals surface area contributed by atoms with Gasteiger partial charge in [-0.15, -0.1) is 0 Å². The monoisotopic (exact) mass is 472 g/mol. The Morgan fingerprint density at radius 2 is 1.59 bits per heavy atom. The van der Waals surface area contributed by atoms with Gasteiger partial charge in [0.2, 0.25) is 0 Å². The average molecular weight is 473 g/mol. The average Bonchev–Trinajstić information content (AvgIpc) is 2.96. The summed E-state index contributed by atoms with van der Waals surface area (Å²) in [5, 5.41) is 1.05. The van der Waals surface area contributed by atoms with E-state index in [4.69, 9.17) is 0 Å². The molecule has 0 spiro atoms. The smallest absolute Gasteiger partial charge is 1.00 e. The molecule has 0 radical (unpaired) electrons. The molecule has 1 aromatic heterocycles. The van der Waals surface area contributed by atoms with Crippen LogP contribution in [0.5, 0.6) is 0 Å². The second-order valence-electron chi connectivity index (χ2n) is 6.56. The number of allylic oxidation sites excluding steroid dienone is 4. The molecule has 2 aromatic carbocycles. The van der Waals surface area contributed by atoms with E-state index in [0.717, 1.165) is 45.3 Å². The Labute approximate surface area is 188 Å². The summed E-state index contributed by atoms with van der Waals surface area (Å²) < 4.78 is 38.0. The first kappa shape index (κ1) is 23.5. The first-order valence-electron chi connectivity index (χ1n) is 8.43. The molecule has 7 heteroatoms. The largest absolute Gasteiger partial charge is 1.00 e. The molecular weight excluding hydrogens is 458 g/mol. The van der Waals surface area contributed by atoms with Gasteiger partial charge in [0, 0.05) is 0 Å². The zero-order chi connectivity index (χ0) is 19.2. The van der Waals surface area contributed by atoms with Gasteiger partial charge in [0.15, 0.2) is 0 Å². The Kier molecular flexibility index (Phi) is 6.92. The summed E-state index contributed by atoms with van der Waals surface area (Å²) in [5.41, 5.74) is 4.05. The molecule has 0 amide bonds. The molecule has 4 rings (SSSR count). The van der Waals surface area contributed by atoms with E-state index in [0.29, 0.717) is 0 Å². The van der Waals surface area contributed by atoms with Gasteiger partial charge in [-0.2, -0.15) is 0 Å². The van der Waals surface area contributed by atoms with Crippen LogP contribution in [-0.2, 0) is 26.7 Å². The van der Waals surface area contributed by atoms with Crippen molar-refractivity contribution in [3.63, 3.8) is 0 Å². The predicted molar refractivity (Wildman–Crippen MR) is 96.6 cm³/mol. The second-order valence-corrected chi connectivity index (χ2v) is 7.57. The minimum Gasteiger partial charge on any atom is -1.00 e. The van der Waals surface area contributed by atoms with Crippen molar-refractivity contribution in [1.29, 1.82) is 0 Å². The summed E-state index contributed by atoms with van der Waals surface area (Å²) in [6.07, 6.45) is 1.46. The number of nitrogens with zero attached hydrogens (tertiary/aromatic N) is 1. The van der Waals surface area contributed by atoms with Crippen LogP contribution in [0, 0.1) is 0 Å². The maximum Gasteiger partial charge on any atom is -1.00 e. The van der Waals surface area contributed by atoms with Crippen LogP contribution in [-0.4, -0.2) is 4.98 Å². The summed E-state index contributed by atoms with van der Waals surface area (Å²) in [4.78, 5) is 4.54. The molecule has 0 saturated heterocycles. The van der Waals surface area contributed by atoms with Crippen LogP contribution in [0.2, 0.25) is 0 Å². The van der Waals surface area contributed by atoms with Gasteiger partial charge in [0.25, 0.3) is 0 Å². The molecular formula is C22H15Cl2CrF3N. The van der Waals surface area contributed by atoms with Crippen molar-refractivity contribution in [3.8, 4) is 0 Å². The fourth-order valence-corrected chi connectivity index (χ4v) is 4.03. The van der Waals surface area contributed by atoms with Crippen LogP contribution < -0.4 is 24.8 Å². The van der Waals surface area contributed by atoms with E-state index < -0.39 is 16.0 Å². The molecule has 0 saturated carbocycles. The number of para-hydroxylation sites is 1. The summed E-state index contributed by atoms with van der Waals surface area (Å²) in [5.74, 6) is 0. The Balaban J connectivity index is 0.00000150. The number of halogens is 5. The number of aromatic nitrogens is 1. The van der Waals surface area contributed by atoms with E-state index in [1.54, 1.807) is 6.20 Å². The fourth-order valence-electron chi connectivity index (χ4n) is 3.50. The van der Waals surface area contributed by atoms with E-state index in [1.807, 2.05) is 43.3 Å². The molecule has 29 heavy (non-hydrogen) atoms. The number of pyridine rings is 1.